The molecule has 1 aliphatic heterocycles. The lowest BCUT2D eigenvalue weighted by molar-refractivity contribution is -0.136. The smallest absolute Gasteiger partial charge is 0.272 e. The van der Waals surface area contributed by atoms with Gasteiger partial charge in [-0.25, -0.2) is 4.84 Å². The third-order valence-electron chi connectivity index (χ3n) is 2.29. The zero-order valence-electron chi connectivity index (χ0n) is 9.34. The van der Waals surface area contributed by atoms with Crippen LogP contribution in [0.25, 0.3) is 0 Å². The van der Waals surface area contributed by atoms with Gasteiger partial charge in [-0.15, -0.1) is 5.06 Å². The molecular formula is C11H10NO4P. The molecule has 0 fully saturated rings. The standard InChI is InChI=1S/C11H10NO4P/c1-11(2,17-15)16-12-9(13)7-5-3-4-6-8(7)10(12)14/h3-6H,1-2H3. The van der Waals surface area contributed by atoms with Gasteiger partial charge in [0.1, 0.15) is 0 Å². The lowest BCUT2D eigenvalue weighted by atomic mass is 10.1. The van der Waals surface area contributed by atoms with Crippen LogP contribution in [0.3, 0.4) is 0 Å². The van der Waals surface area contributed by atoms with Gasteiger partial charge in [0.25, 0.3) is 11.8 Å². The number of rotatable bonds is 3. The average molecular weight is 251 g/mol. The minimum absolute atomic E-state index is 0.301. The lowest BCUT2D eigenvalue weighted by Crippen LogP contribution is -2.36. The molecule has 0 aliphatic carbocycles. The van der Waals surface area contributed by atoms with E-state index in [-0.39, 0.29) is 8.46 Å². The quantitative estimate of drug-likeness (QED) is 0.610. The van der Waals surface area contributed by atoms with Crippen molar-refractivity contribution in [3.05, 3.63) is 35.4 Å². The number of hydrogen-bond acceptors (Lipinski definition) is 4. The first kappa shape index (κ1) is 11.9. The summed E-state index contributed by atoms with van der Waals surface area (Å²) < 4.78 is 10.8. The summed E-state index contributed by atoms with van der Waals surface area (Å²) in [5.41, 5.74) is 0.603. The van der Waals surface area contributed by atoms with Crippen molar-refractivity contribution in [2.45, 2.75) is 19.2 Å². The maximum Gasteiger partial charge on any atom is 0.285 e. The molecule has 1 heterocycles. The van der Waals surface area contributed by atoms with E-state index in [1.807, 2.05) is 0 Å². The number of carbonyl (C=O) groups excluding carboxylic acids is 2. The molecular weight excluding hydrogens is 241 g/mol. The minimum Gasteiger partial charge on any atom is -0.272 e. The summed E-state index contributed by atoms with van der Waals surface area (Å²) in [6, 6.07) is 6.46. The van der Waals surface area contributed by atoms with Crippen LogP contribution in [0.4, 0.5) is 0 Å². The minimum atomic E-state index is -1.12. The number of benzene rings is 1. The van der Waals surface area contributed by atoms with Gasteiger partial charge in [0.15, 0.2) is 13.8 Å². The van der Waals surface area contributed by atoms with Crippen molar-refractivity contribution in [1.29, 1.82) is 0 Å². The molecule has 0 radical (unpaired) electrons. The van der Waals surface area contributed by atoms with Crippen LogP contribution in [-0.2, 0) is 9.40 Å². The van der Waals surface area contributed by atoms with Gasteiger partial charge in [-0.3, -0.25) is 14.2 Å². The molecule has 17 heavy (non-hydrogen) atoms. The summed E-state index contributed by atoms with van der Waals surface area (Å²) in [6.07, 6.45) is 0. The summed E-state index contributed by atoms with van der Waals surface area (Å²) in [4.78, 5) is 28.9. The van der Waals surface area contributed by atoms with Gasteiger partial charge in [-0.05, 0) is 26.0 Å². The second kappa shape index (κ2) is 4.02. The van der Waals surface area contributed by atoms with Crippen molar-refractivity contribution in [2.24, 2.45) is 0 Å². The van der Waals surface area contributed by atoms with Crippen molar-refractivity contribution in [3.8, 4) is 0 Å². The van der Waals surface area contributed by atoms with E-state index in [1.165, 1.54) is 13.8 Å². The van der Waals surface area contributed by atoms with Crippen molar-refractivity contribution in [3.63, 3.8) is 0 Å². The van der Waals surface area contributed by atoms with Gasteiger partial charge >= 0.3 is 0 Å². The van der Waals surface area contributed by atoms with E-state index in [9.17, 15) is 14.2 Å². The number of imide groups is 1. The van der Waals surface area contributed by atoms with Gasteiger partial charge < -0.3 is 0 Å². The Labute approximate surface area is 99.5 Å². The van der Waals surface area contributed by atoms with Crippen LogP contribution in [0.2, 0.25) is 0 Å². The van der Waals surface area contributed by atoms with Gasteiger partial charge in [0.2, 0.25) is 0 Å². The second-order valence-electron chi connectivity index (χ2n) is 4.08. The van der Waals surface area contributed by atoms with Gasteiger partial charge in [-0.2, -0.15) is 0 Å². The predicted octanol–water partition coefficient (Wildman–Crippen LogP) is 2.24. The molecule has 0 unspecified atom stereocenters. The van der Waals surface area contributed by atoms with Crippen LogP contribution in [0, 0.1) is 0 Å². The molecule has 5 nitrogen and oxygen atoms in total. The molecule has 0 saturated carbocycles. The van der Waals surface area contributed by atoms with Crippen molar-refractivity contribution in [2.75, 3.05) is 0 Å². The number of amides is 2. The SMILES string of the molecule is CC(C)(ON1C(=O)c2ccccc2C1=O)P=O. The Bertz CT molecular complexity index is 477. The zero-order chi connectivity index (χ0) is 12.6. The molecule has 88 valence electrons. The first-order valence-electron chi connectivity index (χ1n) is 4.98. The fourth-order valence-corrected chi connectivity index (χ4v) is 1.61. The lowest BCUT2D eigenvalue weighted by Gasteiger charge is -2.22. The second-order valence-corrected chi connectivity index (χ2v) is 5.34. The van der Waals surface area contributed by atoms with Gasteiger partial charge in [0.05, 0.1) is 11.1 Å². The number of hydroxylamine groups is 2. The van der Waals surface area contributed by atoms with Crippen LogP contribution in [0.15, 0.2) is 24.3 Å². The Morgan fingerprint density at radius 1 is 1.12 bits per heavy atom. The fraction of sp³-hybridized carbons (Fsp3) is 0.273. The van der Waals surface area contributed by atoms with E-state index in [2.05, 4.69) is 0 Å². The number of fused-ring (bicyclic) bond motifs is 1. The Kier molecular flexibility index (Phi) is 2.81. The molecule has 0 aromatic heterocycles. The predicted molar refractivity (Wildman–Crippen MR) is 59.7 cm³/mol. The van der Waals surface area contributed by atoms with Crippen LogP contribution in [0.1, 0.15) is 34.6 Å². The summed E-state index contributed by atoms with van der Waals surface area (Å²) in [5, 5.41) is -0.455. The topological polar surface area (TPSA) is 63.7 Å². The van der Waals surface area contributed by atoms with Gasteiger partial charge in [-0.1, -0.05) is 12.1 Å². The van der Waals surface area contributed by atoms with Crippen molar-refractivity contribution < 1.29 is 19.0 Å². The Hall–Kier alpha value is -1.58. The van der Waals surface area contributed by atoms with E-state index in [0.717, 1.165) is 0 Å². The largest absolute Gasteiger partial charge is 0.285 e. The Balaban J connectivity index is 2.34. The van der Waals surface area contributed by atoms with E-state index in [1.54, 1.807) is 24.3 Å². The molecule has 1 aliphatic rings. The van der Waals surface area contributed by atoms with E-state index in [4.69, 9.17) is 4.84 Å². The molecule has 0 saturated heterocycles. The van der Waals surface area contributed by atoms with Crippen molar-refractivity contribution in [1.82, 2.24) is 5.06 Å². The normalized spacial score (nSPS) is 15.5. The fourth-order valence-electron chi connectivity index (χ4n) is 1.49. The highest BCUT2D eigenvalue weighted by atomic mass is 31.1. The molecule has 2 rings (SSSR count). The average Bonchev–Trinajstić information content (AvgIpc) is 2.55. The van der Waals surface area contributed by atoms with Crippen LogP contribution >= 0.6 is 8.46 Å². The Morgan fingerprint density at radius 2 is 1.59 bits per heavy atom. The molecule has 1 aromatic carbocycles. The maximum atomic E-state index is 11.9. The highest BCUT2D eigenvalue weighted by Crippen LogP contribution is 2.30. The molecule has 1 aromatic rings. The summed E-state index contributed by atoms with van der Waals surface area (Å²) in [6.45, 7) is 3.04. The summed E-state index contributed by atoms with van der Waals surface area (Å²) in [7, 11) is -0.301. The molecule has 0 spiro atoms. The first-order valence-corrected chi connectivity index (χ1v) is 5.79. The van der Waals surface area contributed by atoms with Crippen LogP contribution in [0.5, 0.6) is 0 Å². The number of carbonyl (C=O) groups is 2. The third kappa shape index (κ3) is 1.99. The molecule has 2 amide bonds. The van der Waals surface area contributed by atoms with E-state index >= 15 is 0 Å². The molecule has 0 N–H and O–H groups in total. The first-order chi connectivity index (χ1) is 7.96. The molecule has 6 heteroatoms. The molecule has 0 atom stereocenters. The van der Waals surface area contributed by atoms with Crippen LogP contribution < -0.4 is 0 Å². The highest BCUT2D eigenvalue weighted by Gasteiger charge is 2.40. The van der Waals surface area contributed by atoms with Gasteiger partial charge in [0, 0.05) is 0 Å². The summed E-state index contributed by atoms with van der Waals surface area (Å²) >= 11 is 0. The number of nitrogens with zero attached hydrogens (tertiary/aromatic N) is 1. The third-order valence-corrected chi connectivity index (χ3v) is 2.81. The zero-order valence-corrected chi connectivity index (χ0v) is 10.2. The Morgan fingerprint density at radius 3 is 2.00 bits per heavy atom. The maximum absolute atomic E-state index is 11.9. The highest BCUT2D eigenvalue weighted by molar-refractivity contribution is 7.25. The van der Waals surface area contributed by atoms with E-state index < -0.39 is 17.2 Å². The van der Waals surface area contributed by atoms with Crippen molar-refractivity contribution >= 4 is 20.3 Å². The van der Waals surface area contributed by atoms with Crippen LogP contribution in [-0.4, -0.2) is 22.2 Å². The monoisotopic (exact) mass is 251 g/mol. The molecule has 0 bridgehead atoms. The van der Waals surface area contributed by atoms with E-state index in [0.29, 0.717) is 16.2 Å². The summed E-state index contributed by atoms with van der Waals surface area (Å²) in [5.74, 6) is -1.05. The number of hydrogen-bond donors (Lipinski definition) is 0.